The van der Waals surface area contributed by atoms with Crippen LogP contribution in [0, 0.1) is 0 Å². The molecule has 2 atom stereocenters. The number of hydrogen-bond donors (Lipinski definition) is 2. The van der Waals surface area contributed by atoms with Gasteiger partial charge in [-0.25, -0.2) is 0 Å². The largest absolute Gasteiger partial charge is 0.472 e. The summed E-state index contributed by atoms with van der Waals surface area (Å²) in [6.45, 7) is 3.34. The van der Waals surface area contributed by atoms with E-state index >= 15 is 0 Å². The van der Waals surface area contributed by atoms with Crippen molar-refractivity contribution >= 4 is 0 Å². The topological polar surface area (TPSA) is 57.7 Å². The monoisotopic (exact) mass is 238 g/mol. The van der Waals surface area contributed by atoms with Crippen LogP contribution in [0.5, 0.6) is 0 Å². The first kappa shape index (κ1) is 12.6. The number of nitrogens with zero attached hydrogens (tertiary/aromatic N) is 2. The van der Waals surface area contributed by atoms with Crippen LogP contribution < -0.4 is 11.3 Å². The number of likely N-dealkylation sites (N-methyl/N-ethyl adjacent to an activating group) is 2. The van der Waals surface area contributed by atoms with Gasteiger partial charge in [0.05, 0.1) is 18.6 Å². The molecule has 0 amide bonds. The predicted molar refractivity (Wildman–Crippen MR) is 67.3 cm³/mol. The van der Waals surface area contributed by atoms with E-state index in [4.69, 9.17) is 10.3 Å². The molecule has 1 fully saturated rings. The minimum atomic E-state index is 0.160. The third-order valence-corrected chi connectivity index (χ3v) is 3.63. The van der Waals surface area contributed by atoms with E-state index in [1.165, 1.54) is 0 Å². The molecule has 96 valence electrons. The van der Waals surface area contributed by atoms with Crippen molar-refractivity contribution in [2.45, 2.75) is 18.5 Å². The van der Waals surface area contributed by atoms with E-state index in [0.29, 0.717) is 6.04 Å². The fourth-order valence-electron chi connectivity index (χ4n) is 2.40. The van der Waals surface area contributed by atoms with Crippen LogP contribution in [0.2, 0.25) is 0 Å². The van der Waals surface area contributed by atoms with Crippen LogP contribution in [0.3, 0.4) is 0 Å². The van der Waals surface area contributed by atoms with Crippen LogP contribution in [-0.4, -0.2) is 49.6 Å². The number of piperazine rings is 1. The summed E-state index contributed by atoms with van der Waals surface area (Å²) in [5.74, 6) is 5.64. The highest BCUT2D eigenvalue weighted by atomic mass is 16.3. The second kappa shape index (κ2) is 5.64. The fraction of sp³-hybridized carbons (Fsp3) is 0.667. The van der Waals surface area contributed by atoms with Crippen LogP contribution in [0.4, 0.5) is 0 Å². The summed E-state index contributed by atoms with van der Waals surface area (Å²) < 4.78 is 5.11. The molecule has 2 heterocycles. The molecule has 0 spiro atoms. The average molecular weight is 238 g/mol. The summed E-state index contributed by atoms with van der Waals surface area (Å²) in [7, 11) is 4.35. The van der Waals surface area contributed by atoms with Gasteiger partial charge in [-0.05, 0) is 26.6 Å². The molecule has 1 aromatic heterocycles. The van der Waals surface area contributed by atoms with Gasteiger partial charge in [-0.2, -0.15) is 0 Å². The molecule has 3 N–H and O–H groups in total. The van der Waals surface area contributed by atoms with Gasteiger partial charge in [0, 0.05) is 31.2 Å². The van der Waals surface area contributed by atoms with E-state index in [1.54, 1.807) is 12.5 Å². The Morgan fingerprint density at radius 1 is 1.53 bits per heavy atom. The summed E-state index contributed by atoms with van der Waals surface area (Å²) in [5, 5.41) is 0. The highest BCUT2D eigenvalue weighted by molar-refractivity contribution is 5.11. The van der Waals surface area contributed by atoms with Crippen molar-refractivity contribution in [3.8, 4) is 0 Å². The van der Waals surface area contributed by atoms with Gasteiger partial charge in [-0.3, -0.25) is 11.3 Å². The Morgan fingerprint density at radius 2 is 2.35 bits per heavy atom. The van der Waals surface area contributed by atoms with Crippen molar-refractivity contribution in [3.05, 3.63) is 24.2 Å². The third kappa shape index (κ3) is 3.07. The molecule has 0 aromatic carbocycles. The second-order valence-electron chi connectivity index (χ2n) is 4.91. The van der Waals surface area contributed by atoms with E-state index in [2.05, 4.69) is 29.3 Å². The quantitative estimate of drug-likeness (QED) is 0.588. The zero-order valence-corrected chi connectivity index (χ0v) is 10.6. The molecule has 17 heavy (non-hydrogen) atoms. The molecule has 0 radical (unpaired) electrons. The van der Waals surface area contributed by atoms with E-state index in [-0.39, 0.29) is 6.04 Å². The van der Waals surface area contributed by atoms with Gasteiger partial charge >= 0.3 is 0 Å². The van der Waals surface area contributed by atoms with Crippen molar-refractivity contribution in [3.63, 3.8) is 0 Å². The van der Waals surface area contributed by atoms with Crippen molar-refractivity contribution in [1.82, 2.24) is 15.2 Å². The number of nitrogens with two attached hydrogens (primary N) is 1. The molecule has 1 aromatic rings. The van der Waals surface area contributed by atoms with Gasteiger partial charge in [-0.15, -0.1) is 0 Å². The Labute approximate surface area is 103 Å². The lowest BCUT2D eigenvalue weighted by atomic mass is 10.00. The fourth-order valence-corrected chi connectivity index (χ4v) is 2.40. The summed E-state index contributed by atoms with van der Waals surface area (Å²) in [5.41, 5.74) is 4.00. The summed E-state index contributed by atoms with van der Waals surface area (Å²) >= 11 is 0. The van der Waals surface area contributed by atoms with Gasteiger partial charge in [0.15, 0.2) is 0 Å². The Kier molecular flexibility index (Phi) is 4.17. The van der Waals surface area contributed by atoms with Gasteiger partial charge in [0.2, 0.25) is 0 Å². The molecule has 2 rings (SSSR count). The highest BCUT2D eigenvalue weighted by Crippen LogP contribution is 2.21. The summed E-state index contributed by atoms with van der Waals surface area (Å²) in [4.78, 5) is 4.78. The molecular weight excluding hydrogens is 216 g/mol. The molecular formula is C12H22N4O. The van der Waals surface area contributed by atoms with Crippen LogP contribution in [0.1, 0.15) is 18.0 Å². The summed E-state index contributed by atoms with van der Waals surface area (Å²) in [6, 6.07) is 2.66. The number of nitrogens with one attached hydrogen (secondary N) is 1. The zero-order valence-electron chi connectivity index (χ0n) is 10.6. The standard InChI is InChI=1S/C12H22N4O/c1-15-4-5-16(2)11(8-15)7-12(14-13)10-3-6-17-9-10/h3,6,9,11-12,14H,4-5,7-8,13H2,1-2H3. The van der Waals surface area contributed by atoms with E-state index < -0.39 is 0 Å². The molecule has 0 saturated carbocycles. The average Bonchev–Trinajstić information content (AvgIpc) is 2.84. The molecule has 1 aliphatic heterocycles. The van der Waals surface area contributed by atoms with E-state index in [1.807, 2.05) is 6.07 Å². The van der Waals surface area contributed by atoms with Crippen molar-refractivity contribution < 1.29 is 4.42 Å². The first-order valence-electron chi connectivity index (χ1n) is 6.07. The van der Waals surface area contributed by atoms with Crippen molar-refractivity contribution in [2.75, 3.05) is 33.7 Å². The van der Waals surface area contributed by atoms with Gasteiger partial charge in [0.1, 0.15) is 0 Å². The van der Waals surface area contributed by atoms with Crippen LogP contribution >= 0.6 is 0 Å². The number of hydrogen-bond acceptors (Lipinski definition) is 5. The number of hydrazine groups is 1. The van der Waals surface area contributed by atoms with Gasteiger partial charge in [-0.1, -0.05) is 0 Å². The van der Waals surface area contributed by atoms with Crippen LogP contribution in [0.15, 0.2) is 23.0 Å². The third-order valence-electron chi connectivity index (χ3n) is 3.63. The maximum atomic E-state index is 5.64. The summed E-state index contributed by atoms with van der Waals surface area (Å²) in [6.07, 6.45) is 4.45. The molecule has 0 aliphatic carbocycles. The Hall–Kier alpha value is -0.880. The Bertz CT molecular complexity index is 327. The van der Waals surface area contributed by atoms with E-state index in [0.717, 1.165) is 31.6 Å². The molecule has 1 saturated heterocycles. The zero-order chi connectivity index (χ0) is 12.3. The molecule has 5 nitrogen and oxygen atoms in total. The maximum absolute atomic E-state index is 5.64. The molecule has 5 heteroatoms. The Balaban J connectivity index is 1.98. The lowest BCUT2D eigenvalue weighted by molar-refractivity contribution is 0.101. The maximum Gasteiger partial charge on any atom is 0.0950 e. The number of furan rings is 1. The molecule has 0 bridgehead atoms. The van der Waals surface area contributed by atoms with E-state index in [9.17, 15) is 0 Å². The highest BCUT2D eigenvalue weighted by Gasteiger charge is 2.25. The van der Waals surface area contributed by atoms with Crippen LogP contribution in [-0.2, 0) is 0 Å². The Morgan fingerprint density at radius 3 is 3.00 bits per heavy atom. The molecule has 1 aliphatic rings. The van der Waals surface area contributed by atoms with Crippen LogP contribution in [0.25, 0.3) is 0 Å². The van der Waals surface area contributed by atoms with Crippen molar-refractivity contribution in [2.24, 2.45) is 5.84 Å². The van der Waals surface area contributed by atoms with Crippen molar-refractivity contribution in [1.29, 1.82) is 0 Å². The number of rotatable bonds is 4. The lowest BCUT2D eigenvalue weighted by Crippen LogP contribution is -2.51. The lowest BCUT2D eigenvalue weighted by Gasteiger charge is -2.39. The predicted octanol–water partition coefficient (Wildman–Crippen LogP) is 0.420. The normalized spacial score (nSPS) is 25.0. The first-order chi connectivity index (χ1) is 8.20. The van der Waals surface area contributed by atoms with Gasteiger partial charge < -0.3 is 14.2 Å². The SMILES string of the molecule is CN1CCN(C)C(CC(NN)c2ccoc2)C1. The first-order valence-corrected chi connectivity index (χ1v) is 6.07. The smallest absolute Gasteiger partial charge is 0.0950 e. The second-order valence-corrected chi connectivity index (χ2v) is 4.91. The minimum Gasteiger partial charge on any atom is -0.472 e. The minimum absolute atomic E-state index is 0.160. The van der Waals surface area contributed by atoms with Gasteiger partial charge in [0.25, 0.3) is 0 Å². The molecule has 2 unspecified atom stereocenters.